The number of hydrogen-bond donors (Lipinski definition) is 1. The largest absolute Gasteiger partial charge is 0.315 e. The van der Waals surface area contributed by atoms with Crippen LogP contribution in [0.4, 0.5) is 0 Å². The number of Topliss-reactive ketones (excluding diaryl/α,β-unsaturated/α-hetero) is 1. The third-order valence-corrected chi connectivity index (χ3v) is 10.2. The van der Waals surface area contributed by atoms with Gasteiger partial charge in [0, 0.05) is 36.8 Å². The zero-order valence-corrected chi connectivity index (χ0v) is 17.7. The van der Waals surface area contributed by atoms with Gasteiger partial charge in [-0.05, 0) is 80.0 Å². The van der Waals surface area contributed by atoms with E-state index in [9.17, 15) is 9.59 Å². The molecule has 154 valence electrons. The molecule has 1 aliphatic heterocycles. The highest BCUT2D eigenvalue weighted by Crippen LogP contribution is 2.67. The number of aldehydes is 1. The molecule has 8 atom stereocenters. The molecule has 5 rings (SSSR count). The second-order valence-corrected chi connectivity index (χ2v) is 11.3. The Kier molecular flexibility index (Phi) is 4.61. The zero-order valence-electron chi connectivity index (χ0n) is 17.7. The van der Waals surface area contributed by atoms with Crippen LogP contribution in [0, 0.1) is 52.3 Å². The van der Waals surface area contributed by atoms with E-state index in [0.717, 1.165) is 51.1 Å². The van der Waals surface area contributed by atoms with Crippen LogP contribution in [-0.4, -0.2) is 25.2 Å². The quantitative estimate of drug-likeness (QED) is 0.580. The highest BCUT2D eigenvalue weighted by Gasteiger charge is 2.62. The maximum absolute atomic E-state index is 12.7. The minimum absolute atomic E-state index is 0.137. The van der Waals surface area contributed by atoms with Crippen molar-refractivity contribution in [2.45, 2.75) is 65.2 Å². The summed E-state index contributed by atoms with van der Waals surface area (Å²) in [6.45, 7) is 7.04. The molecule has 1 saturated heterocycles. The monoisotopic (exact) mass is 383 g/mol. The van der Waals surface area contributed by atoms with Crippen molar-refractivity contribution >= 4 is 12.1 Å². The summed E-state index contributed by atoms with van der Waals surface area (Å²) in [5, 5.41) is 3.36. The van der Waals surface area contributed by atoms with Gasteiger partial charge in [0.15, 0.2) is 0 Å². The first-order valence-electron chi connectivity index (χ1n) is 11.8. The van der Waals surface area contributed by atoms with Gasteiger partial charge in [0.2, 0.25) is 0 Å². The van der Waals surface area contributed by atoms with Crippen LogP contribution < -0.4 is 5.32 Å². The molecule has 5 aliphatic rings. The molecule has 0 bridgehead atoms. The molecular weight excluding hydrogens is 346 g/mol. The Morgan fingerprint density at radius 3 is 2.46 bits per heavy atom. The van der Waals surface area contributed by atoms with E-state index in [1.807, 2.05) is 0 Å². The van der Waals surface area contributed by atoms with Crippen LogP contribution in [0.2, 0.25) is 0 Å². The smallest absolute Gasteiger partial charge is 0.139 e. The van der Waals surface area contributed by atoms with Gasteiger partial charge < -0.3 is 10.1 Å². The van der Waals surface area contributed by atoms with Crippen LogP contribution in [0.15, 0.2) is 12.2 Å². The van der Waals surface area contributed by atoms with E-state index in [0.29, 0.717) is 40.8 Å². The van der Waals surface area contributed by atoms with Crippen LogP contribution in [0.5, 0.6) is 0 Å². The predicted octanol–water partition coefficient (Wildman–Crippen LogP) is 4.42. The van der Waals surface area contributed by atoms with Gasteiger partial charge in [-0.3, -0.25) is 4.79 Å². The summed E-state index contributed by atoms with van der Waals surface area (Å²) < 4.78 is 0. The average Bonchev–Trinajstić information content (AvgIpc) is 2.95. The van der Waals surface area contributed by atoms with Gasteiger partial charge in [-0.15, -0.1) is 0 Å². The first kappa shape index (κ1) is 19.0. The zero-order chi connectivity index (χ0) is 19.5. The van der Waals surface area contributed by atoms with E-state index in [1.165, 1.54) is 25.5 Å². The Hall–Kier alpha value is -0.960. The maximum atomic E-state index is 12.7. The minimum Gasteiger partial charge on any atom is -0.315 e. The van der Waals surface area contributed by atoms with E-state index in [4.69, 9.17) is 0 Å². The molecule has 3 nitrogen and oxygen atoms in total. The van der Waals surface area contributed by atoms with Crippen molar-refractivity contribution < 1.29 is 9.59 Å². The van der Waals surface area contributed by atoms with Crippen LogP contribution in [-0.2, 0) is 9.59 Å². The summed E-state index contributed by atoms with van der Waals surface area (Å²) in [5.74, 6) is 4.32. The Bertz CT molecular complexity index is 682. The number of nitrogens with one attached hydrogen (secondary N) is 1. The number of allylic oxidation sites excluding steroid dienone is 1. The second-order valence-electron chi connectivity index (χ2n) is 11.3. The van der Waals surface area contributed by atoms with Crippen LogP contribution in [0.25, 0.3) is 0 Å². The minimum atomic E-state index is -0.137. The van der Waals surface area contributed by atoms with Gasteiger partial charge in [-0.2, -0.15) is 0 Å². The fraction of sp³-hybridized carbons (Fsp3) is 0.840. The van der Waals surface area contributed by atoms with Gasteiger partial charge in [-0.1, -0.05) is 26.0 Å². The van der Waals surface area contributed by atoms with Gasteiger partial charge in [-0.25, -0.2) is 0 Å². The molecule has 1 heterocycles. The highest BCUT2D eigenvalue weighted by atomic mass is 16.1. The van der Waals surface area contributed by atoms with Crippen molar-refractivity contribution in [2.24, 2.45) is 52.3 Å². The average molecular weight is 384 g/mol. The Balaban J connectivity index is 1.38. The molecule has 4 saturated carbocycles. The van der Waals surface area contributed by atoms with Crippen molar-refractivity contribution in [3.63, 3.8) is 0 Å². The summed E-state index contributed by atoms with van der Waals surface area (Å²) in [6, 6.07) is 0. The summed E-state index contributed by atoms with van der Waals surface area (Å²) >= 11 is 0. The summed E-state index contributed by atoms with van der Waals surface area (Å²) in [5.41, 5.74) is 0.238. The SMILES string of the molecule is C[C@]12CC[C@@H](C=CC3CNC3)CC1CC(C=O)[C@@H]1[C@@H]2CC[C@]2(C)C(=O)CC[C@@H]12. The van der Waals surface area contributed by atoms with Gasteiger partial charge in [0.1, 0.15) is 12.1 Å². The number of carbonyl (C=O) groups is 2. The molecule has 2 unspecified atom stereocenters. The first-order chi connectivity index (χ1) is 13.5. The predicted molar refractivity (Wildman–Crippen MR) is 111 cm³/mol. The molecule has 28 heavy (non-hydrogen) atoms. The standard InChI is InChI=1S/C25H37NO2/c1-24-9-7-16(3-4-17-13-26-14-17)11-19(24)12-18(15-27)23-20-5-6-22(28)25(20,2)10-8-21(23)24/h3-4,15-21,23,26H,5-14H2,1-2H3/t16-,18?,19?,20+,21+,23+,24+,25+/m1/s1. The van der Waals surface area contributed by atoms with Crippen molar-refractivity contribution in [3.8, 4) is 0 Å². The third-order valence-electron chi connectivity index (χ3n) is 10.2. The molecule has 0 amide bonds. The van der Waals surface area contributed by atoms with Gasteiger partial charge in [0.05, 0.1) is 0 Å². The normalized spacial score (nSPS) is 51.3. The molecule has 4 aliphatic carbocycles. The molecule has 0 aromatic heterocycles. The highest BCUT2D eigenvalue weighted by molar-refractivity contribution is 5.87. The number of rotatable bonds is 3. The molecule has 0 aromatic rings. The second kappa shape index (κ2) is 6.79. The lowest BCUT2D eigenvalue weighted by atomic mass is 9.42. The lowest BCUT2D eigenvalue weighted by molar-refractivity contribution is -0.154. The third kappa shape index (κ3) is 2.71. The number of carbonyl (C=O) groups excluding carboxylic acids is 2. The fourth-order valence-corrected chi connectivity index (χ4v) is 8.21. The molecule has 0 aromatic carbocycles. The maximum Gasteiger partial charge on any atom is 0.139 e. The Labute approximate surface area is 170 Å². The van der Waals surface area contributed by atoms with Crippen LogP contribution in [0.1, 0.15) is 65.2 Å². The van der Waals surface area contributed by atoms with Gasteiger partial charge in [0.25, 0.3) is 0 Å². The molecular formula is C25H37NO2. The first-order valence-corrected chi connectivity index (χ1v) is 11.8. The summed E-state index contributed by atoms with van der Waals surface area (Å²) in [7, 11) is 0. The van der Waals surface area contributed by atoms with Crippen molar-refractivity contribution in [1.82, 2.24) is 5.32 Å². The van der Waals surface area contributed by atoms with Crippen molar-refractivity contribution in [1.29, 1.82) is 0 Å². The molecule has 1 N–H and O–H groups in total. The van der Waals surface area contributed by atoms with Crippen molar-refractivity contribution in [2.75, 3.05) is 13.1 Å². The lowest BCUT2D eigenvalue weighted by Gasteiger charge is -2.61. The summed E-state index contributed by atoms with van der Waals surface area (Å²) in [6.07, 6.45) is 15.2. The lowest BCUT2D eigenvalue weighted by Crippen LogP contribution is -2.56. The van der Waals surface area contributed by atoms with E-state index in [-0.39, 0.29) is 11.3 Å². The number of fused-ring (bicyclic) bond motifs is 5. The molecule has 5 fully saturated rings. The molecule has 0 radical (unpaired) electrons. The van der Waals surface area contributed by atoms with Crippen LogP contribution >= 0.6 is 0 Å². The number of ketones is 1. The molecule has 0 spiro atoms. The van der Waals surface area contributed by atoms with Gasteiger partial charge >= 0.3 is 0 Å². The van der Waals surface area contributed by atoms with E-state index in [1.54, 1.807) is 0 Å². The number of hydrogen-bond acceptors (Lipinski definition) is 3. The topological polar surface area (TPSA) is 46.2 Å². The van der Waals surface area contributed by atoms with Crippen molar-refractivity contribution in [3.05, 3.63) is 12.2 Å². The van der Waals surface area contributed by atoms with E-state index < -0.39 is 0 Å². The molecule has 3 heteroatoms. The Morgan fingerprint density at radius 2 is 1.75 bits per heavy atom. The summed E-state index contributed by atoms with van der Waals surface area (Å²) in [4.78, 5) is 24.9. The van der Waals surface area contributed by atoms with Crippen LogP contribution in [0.3, 0.4) is 0 Å². The fourth-order valence-electron chi connectivity index (χ4n) is 8.21. The van der Waals surface area contributed by atoms with E-state index in [2.05, 4.69) is 31.3 Å². The Morgan fingerprint density at radius 1 is 0.964 bits per heavy atom. The van der Waals surface area contributed by atoms with E-state index >= 15 is 0 Å².